The molecule has 0 amide bonds. The minimum absolute atomic E-state index is 0.00694. The van der Waals surface area contributed by atoms with Crippen molar-refractivity contribution in [2.75, 3.05) is 5.73 Å². The Kier molecular flexibility index (Phi) is 3.70. The molecule has 94 valence electrons. The molecule has 0 spiro atoms. The summed E-state index contributed by atoms with van der Waals surface area (Å²) in [6.45, 7) is 3.31. The highest BCUT2D eigenvalue weighted by Gasteiger charge is 2.39. The summed E-state index contributed by atoms with van der Waals surface area (Å²) >= 11 is 0. The van der Waals surface area contributed by atoms with Crippen LogP contribution in [-0.2, 0) is 10.2 Å². The van der Waals surface area contributed by atoms with Crippen molar-refractivity contribution >= 4 is 11.7 Å². The van der Waals surface area contributed by atoms with Crippen LogP contribution in [0.2, 0.25) is 0 Å². The van der Waals surface area contributed by atoms with Crippen LogP contribution >= 0.6 is 0 Å². The van der Waals surface area contributed by atoms with Crippen molar-refractivity contribution in [3.8, 4) is 0 Å². The number of anilines is 1. The van der Waals surface area contributed by atoms with Crippen LogP contribution in [0.4, 0.5) is 14.5 Å². The summed E-state index contributed by atoms with van der Waals surface area (Å²) in [6, 6.07) is 1.65. The minimum atomic E-state index is -1.34. The maximum absolute atomic E-state index is 13.3. The van der Waals surface area contributed by atoms with Gasteiger partial charge in [-0.3, -0.25) is 4.79 Å². The SMILES string of the molecule is CCC(CC)(C(=O)O)c1cc(F)cc(F)c1N. The van der Waals surface area contributed by atoms with Crippen molar-refractivity contribution in [1.82, 2.24) is 0 Å². The molecule has 0 saturated carbocycles. The Balaban J connectivity index is 3.53. The van der Waals surface area contributed by atoms with Gasteiger partial charge < -0.3 is 10.8 Å². The second-order valence-corrected chi connectivity index (χ2v) is 3.94. The van der Waals surface area contributed by atoms with Gasteiger partial charge in [-0.25, -0.2) is 8.78 Å². The fourth-order valence-corrected chi connectivity index (χ4v) is 2.03. The molecule has 0 bridgehead atoms. The third kappa shape index (κ3) is 2.09. The maximum atomic E-state index is 13.3. The van der Waals surface area contributed by atoms with Crippen LogP contribution in [0.5, 0.6) is 0 Å². The predicted octanol–water partition coefficient (Wildman–Crippen LogP) is 2.69. The van der Waals surface area contributed by atoms with E-state index in [2.05, 4.69) is 0 Å². The van der Waals surface area contributed by atoms with Crippen LogP contribution < -0.4 is 5.73 Å². The van der Waals surface area contributed by atoms with E-state index in [4.69, 9.17) is 5.73 Å². The molecular weight excluding hydrogens is 228 g/mol. The van der Waals surface area contributed by atoms with E-state index >= 15 is 0 Å². The largest absolute Gasteiger partial charge is 0.481 e. The molecule has 3 N–H and O–H groups in total. The molecular formula is C12H15F2NO2. The molecule has 3 nitrogen and oxygen atoms in total. The van der Waals surface area contributed by atoms with Gasteiger partial charge in [-0.2, -0.15) is 0 Å². The van der Waals surface area contributed by atoms with E-state index in [0.717, 1.165) is 6.07 Å². The number of benzene rings is 1. The average molecular weight is 243 g/mol. The van der Waals surface area contributed by atoms with Crippen molar-refractivity contribution in [2.45, 2.75) is 32.1 Å². The molecule has 5 heteroatoms. The molecule has 1 rings (SSSR count). The molecule has 1 aromatic carbocycles. The Morgan fingerprint density at radius 1 is 1.35 bits per heavy atom. The van der Waals surface area contributed by atoms with Gasteiger partial charge in [-0.1, -0.05) is 13.8 Å². The normalized spacial score (nSPS) is 11.5. The number of carboxylic acid groups (broad SMARTS) is 1. The number of nitrogens with two attached hydrogens (primary N) is 1. The fraction of sp³-hybridized carbons (Fsp3) is 0.417. The number of halogens is 2. The molecule has 0 radical (unpaired) electrons. The van der Waals surface area contributed by atoms with E-state index in [9.17, 15) is 18.7 Å². The number of rotatable bonds is 4. The second kappa shape index (κ2) is 4.69. The number of aliphatic carboxylic acids is 1. The van der Waals surface area contributed by atoms with Gasteiger partial charge in [-0.15, -0.1) is 0 Å². The highest BCUT2D eigenvalue weighted by Crippen LogP contribution is 2.37. The van der Waals surface area contributed by atoms with Crippen LogP contribution in [0.3, 0.4) is 0 Å². The van der Waals surface area contributed by atoms with E-state index in [-0.39, 0.29) is 24.1 Å². The highest BCUT2D eigenvalue weighted by atomic mass is 19.1. The molecule has 0 atom stereocenters. The van der Waals surface area contributed by atoms with Crippen molar-refractivity contribution in [2.24, 2.45) is 0 Å². The lowest BCUT2D eigenvalue weighted by atomic mass is 9.75. The molecule has 0 aromatic heterocycles. The topological polar surface area (TPSA) is 63.3 Å². The van der Waals surface area contributed by atoms with E-state index in [1.165, 1.54) is 0 Å². The molecule has 0 aliphatic rings. The van der Waals surface area contributed by atoms with Gasteiger partial charge in [0.2, 0.25) is 0 Å². The second-order valence-electron chi connectivity index (χ2n) is 3.94. The molecule has 0 unspecified atom stereocenters. The quantitative estimate of drug-likeness (QED) is 0.799. The van der Waals surface area contributed by atoms with Crippen molar-refractivity contribution in [1.29, 1.82) is 0 Å². The van der Waals surface area contributed by atoms with Crippen LogP contribution in [0.1, 0.15) is 32.3 Å². The summed E-state index contributed by atoms with van der Waals surface area (Å²) < 4.78 is 26.5. The van der Waals surface area contributed by atoms with Gasteiger partial charge in [0.05, 0.1) is 11.1 Å². The van der Waals surface area contributed by atoms with E-state index in [0.29, 0.717) is 6.07 Å². The molecule has 17 heavy (non-hydrogen) atoms. The number of carbonyl (C=O) groups is 1. The van der Waals surface area contributed by atoms with Crippen molar-refractivity contribution in [3.05, 3.63) is 29.3 Å². The van der Waals surface area contributed by atoms with Crippen molar-refractivity contribution < 1.29 is 18.7 Å². The maximum Gasteiger partial charge on any atom is 0.314 e. The molecule has 0 fully saturated rings. The van der Waals surface area contributed by atoms with E-state index in [1.807, 2.05) is 0 Å². The van der Waals surface area contributed by atoms with Crippen LogP contribution in [0, 0.1) is 11.6 Å². The monoisotopic (exact) mass is 243 g/mol. The van der Waals surface area contributed by atoms with E-state index in [1.54, 1.807) is 13.8 Å². The molecule has 0 aliphatic heterocycles. The standard InChI is InChI=1S/C12H15F2NO2/c1-3-12(4-2,11(16)17)8-5-7(13)6-9(14)10(8)15/h5-6H,3-4,15H2,1-2H3,(H,16,17). The summed E-state index contributed by atoms with van der Waals surface area (Å²) in [5.41, 5.74) is 3.89. The molecule has 0 saturated heterocycles. The first-order valence-corrected chi connectivity index (χ1v) is 5.37. The highest BCUT2D eigenvalue weighted by molar-refractivity contribution is 5.83. The van der Waals surface area contributed by atoms with Gasteiger partial charge >= 0.3 is 5.97 Å². The Morgan fingerprint density at radius 2 is 1.88 bits per heavy atom. The van der Waals surface area contributed by atoms with Gasteiger partial charge in [0, 0.05) is 6.07 Å². The smallest absolute Gasteiger partial charge is 0.314 e. The first-order chi connectivity index (χ1) is 7.89. The lowest BCUT2D eigenvalue weighted by Crippen LogP contribution is -2.35. The van der Waals surface area contributed by atoms with Crippen molar-refractivity contribution in [3.63, 3.8) is 0 Å². The number of hydrogen-bond acceptors (Lipinski definition) is 2. The van der Waals surface area contributed by atoms with Gasteiger partial charge in [-0.05, 0) is 24.5 Å². The van der Waals surface area contributed by atoms with Crippen LogP contribution in [-0.4, -0.2) is 11.1 Å². The molecule has 0 heterocycles. The molecule has 0 aliphatic carbocycles. The number of carboxylic acids is 1. The first kappa shape index (κ1) is 13.4. The Hall–Kier alpha value is -1.65. The third-order valence-corrected chi connectivity index (χ3v) is 3.23. The summed E-state index contributed by atoms with van der Waals surface area (Å²) in [4.78, 5) is 11.4. The zero-order chi connectivity index (χ0) is 13.2. The lowest BCUT2D eigenvalue weighted by molar-refractivity contribution is -0.144. The third-order valence-electron chi connectivity index (χ3n) is 3.23. The Morgan fingerprint density at radius 3 is 2.29 bits per heavy atom. The molecule has 1 aromatic rings. The van der Waals surface area contributed by atoms with Crippen LogP contribution in [0.25, 0.3) is 0 Å². The first-order valence-electron chi connectivity index (χ1n) is 5.37. The zero-order valence-electron chi connectivity index (χ0n) is 9.76. The lowest BCUT2D eigenvalue weighted by Gasteiger charge is -2.28. The van der Waals surface area contributed by atoms with Crippen LogP contribution in [0.15, 0.2) is 12.1 Å². The summed E-state index contributed by atoms with van der Waals surface area (Å²) in [5.74, 6) is -2.87. The van der Waals surface area contributed by atoms with E-state index < -0.39 is 23.0 Å². The van der Waals surface area contributed by atoms with Gasteiger partial charge in [0.1, 0.15) is 11.6 Å². The number of nitrogen functional groups attached to an aromatic ring is 1. The predicted molar refractivity (Wildman–Crippen MR) is 60.7 cm³/mol. The van der Waals surface area contributed by atoms with Gasteiger partial charge in [0.25, 0.3) is 0 Å². The summed E-state index contributed by atoms with van der Waals surface area (Å²) in [6.07, 6.45) is 0.428. The summed E-state index contributed by atoms with van der Waals surface area (Å²) in [7, 11) is 0. The van der Waals surface area contributed by atoms with Gasteiger partial charge in [0.15, 0.2) is 0 Å². The zero-order valence-corrected chi connectivity index (χ0v) is 9.76. The Labute approximate surface area is 98.2 Å². The Bertz CT molecular complexity index is 442. The minimum Gasteiger partial charge on any atom is -0.481 e. The summed E-state index contributed by atoms with van der Waals surface area (Å²) in [5, 5.41) is 9.28. The fourth-order valence-electron chi connectivity index (χ4n) is 2.03. The average Bonchev–Trinajstić information content (AvgIpc) is 2.26. The number of hydrogen-bond donors (Lipinski definition) is 2.